The molecule has 5 heteroatoms. The Bertz CT molecular complexity index is 932. The number of hydrogen-bond donors (Lipinski definition) is 1. The van der Waals surface area contributed by atoms with Gasteiger partial charge in [-0.15, -0.1) is 0 Å². The molecule has 0 atom stereocenters. The Labute approximate surface area is 156 Å². The lowest BCUT2D eigenvalue weighted by Gasteiger charge is -2.24. The molecule has 0 aliphatic rings. The summed E-state index contributed by atoms with van der Waals surface area (Å²) in [5.74, 6) is -1.05. The maximum absolute atomic E-state index is 13.1. The number of benzene rings is 3. The van der Waals surface area contributed by atoms with Gasteiger partial charge in [0.25, 0.3) is 5.91 Å². The highest BCUT2D eigenvalue weighted by molar-refractivity contribution is 6.30. The first-order chi connectivity index (χ1) is 12.6. The van der Waals surface area contributed by atoms with Crippen LogP contribution in [0.25, 0.3) is 10.8 Å². The molecule has 0 aliphatic heterocycles. The van der Waals surface area contributed by atoms with Crippen molar-refractivity contribution in [3.8, 4) is 0 Å². The molecule has 1 N–H and O–H groups in total. The van der Waals surface area contributed by atoms with Crippen molar-refractivity contribution in [2.24, 2.45) is 0 Å². The van der Waals surface area contributed by atoms with Gasteiger partial charge in [-0.2, -0.15) is 0 Å². The van der Waals surface area contributed by atoms with E-state index in [1.165, 1.54) is 0 Å². The number of rotatable bonds is 6. The van der Waals surface area contributed by atoms with Crippen molar-refractivity contribution in [3.05, 3.63) is 77.3 Å². The lowest BCUT2D eigenvalue weighted by Crippen LogP contribution is -2.32. The number of amides is 1. The highest BCUT2D eigenvalue weighted by Gasteiger charge is 2.19. The van der Waals surface area contributed by atoms with E-state index in [4.69, 9.17) is 16.7 Å². The molecule has 132 valence electrons. The molecule has 4 nitrogen and oxygen atoms in total. The fourth-order valence-electron chi connectivity index (χ4n) is 2.91. The van der Waals surface area contributed by atoms with E-state index in [-0.39, 0.29) is 12.3 Å². The van der Waals surface area contributed by atoms with Gasteiger partial charge >= 0.3 is 5.97 Å². The second-order valence-electron chi connectivity index (χ2n) is 5.96. The van der Waals surface area contributed by atoms with Crippen LogP contribution in [-0.4, -0.2) is 23.5 Å². The van der Waals surface area contributed by atoms with Gasteiger partial charge < -0.3 is 10.0 Å². The Morgan fingerprint density at radius 2 is 1.62 bits per heavy atom. The molecule has 0 spiro atoms. The minimum Gasteiger partial charge on any atom is -0.481 e. The molecule has 0 heterocycles. The van der Waals surface area contributed by atoms with E-state index in [1.807, 2.05) is 42.5 Å². The number of carboxylic acids is 1. The van der Waals surface area contributed by atoms with Gasteiger partial charge in [-0.3, -0.25) is 9.59 Å². The molecule has 0 bridgehead atoms. The third kappa shape index (κ3) is 4.03. The van der Waals surface area contributed by atoms with Gasteiger partial charge in [0.05, 0.1) is 5.69 Å². The number of anilines is 1. The van der Waals surface area contributed by atoms with Crippen LogP contribution in [0.4, 0.5) is 5.69 Å². The van der Waals surface area contributed by atoms with E-state index in [0.29, 0.717) is 23.6 Å². The number of carboxylic acid groups (broad SMARTS) is 1. The van der Waals surface area contributed by atoms with Crippen LogP contribution >= 0.6 is 11.6 Å². The minimum atomic E-state index is -0.873. The Morgan fingerprint density at radius 1 is 0.923 bits per heavy atom. The Balaban J connectivity index is 2.00. The normalized spacial score (nSPS) is 10.7. The molecule has 0 fully saturated rings. The van der Waals surface area contributed by atoms with Crippen molar-refractivity contribution in [2.45, 2.75) is 12.8 Å². The molecule has 3 aromatic rings. The van der Waals surface area contributed by atoms with Gasteiger partial charge in [0.1, 0.15) is 0 Å². The highest BCUT2D eigenvalue weighted by atomic mass is 35.5. The molecule has 3 rings (SSSR count). The lowest BCUT2D eigenvalue weighted by molar-refractivity contribution is -0.137. The van der Waals surface area contributed by atoms with E-state index in [9.17, 15) is 9.59 Å². The van der Waals surface area contributed by atoms with E-state index in [2.05, 4.69) is 0 Å². The summed E-state index contributed by atoms with van der Waals surface area (Å²) in [4.78, 5) is 25.6. The fourth-order valence-corrected chi connectivity index (χ4v) is 3.04. The van der Waals surface area contributed by atoms with Gasteiger partial charge in [0.15, 0.2) is 0 Å². The number of carbonyl (C=O) groups excluding carboxylic acids is 1. The summed E-state index contributed by atoms with van der Waals surface area (Å²) >= 11 is 5.92. The number of halogens is 1. The van der Waals surface area contributed by atoms with Crippen molar-refractivity contribution < 1.29 is 14.7 Å². The van der Waals surface area contributed by atoms with Gasteiger partial charge in [-0.05, 0) is 42.1 Å². The summed E-state index contributed by atoms with van der Waals surface area (Å²) in [6.45, 7) is 0.321. The van der Waals surface area contributed by atoms with Crippen molar-refractivity contribution in [1.82, 2.24) is 0 Å². The van der Waals surface area contributed by atoms with Crippen molar-refractivity contribution >= 4 is 39.9 Å². The van der Waals surface area contributed by atoms with Crippen LogP contribution in [-0.2, 0) is 4.79 Å². The van der Waals surface area contributed by atoms with Gasteiger partial charge in [0.2, 0.25) is 0 Å². The topological polar surface area (TPSA) is 57.6 Å². The van der Waals surface area contributed by atoms with Crippen LogP contribution in [0, 0.1) is 0 Å². The third-order valence-corrected chi connectivity index (χ3v) is 4.42. The predicted molar refractivity (Wildman–Crippen MR) is 104 cm³/mol. The second kappa shape index (κ2) is 8.02. The zero-order chi connectivity index (χ0) is 18.5. The molecule has 0 unspecified atom stereocenters. The SMILES string of the molecule is O=C(O)CCCN(C(=O)c1ccc(Cl)cc1)c1cccc2ccccc12. The molecule has 0 saturated heterocycles. The van der Waals surface area contributed by atoms with Crippen LogP contribution < -0.4 is 4.90 Å². The molecule has 26 heavy (non-hydrogen) atoms. The zero-order valence-electron chi connectivity index (χ0n) is 14.1. The largest absolute Gasteiger partial charge is 0.481 e. The molecule has 0 saturated carbocycles. The summed E-state index contributed by atoms with van der Waals surface area (Å²) in [7, 11) is 0. The number of aliphatic carboxylic acids is 1. The summed E-state index contributed by atoms with van der Waals surface area (Å²) in [5.41, 5.74) is 1.28. The van der Waals surface area contributed by atoms with E-state index < -0.39 is 5.97 Å². The molecular weight excluding hydrogens is 350 g/mol. The average molecular weight is 368 g/mol. The van der Waals surface area contributed by atoms with Crippen molar-refractivity contribution in [2.75, 3.05) is 11.4 Å². The monoisotopic (exact) mass is 367 g/mol. The van der Waals surface area contributed by atoms with Gasteiger partial charge in [-0.25, -0.2) is 0 Å². The van der Waals surface area contributed by atoms with Crippen LogP contribution in [0.3, 0.4) is 0 Å². The van der Waals surface area contributed by atoms with Crippen molar-refractivity contribution in [3.63, 3.8) is 0 Å². The first kappa shape index (κ1) is 18.0. The van der Waals surface area contributed by atoms with Crippen LogP contribution in [0.2, 0.25) is 5.02 Å². The smallest absolute Gasteiger partial charge is 0.303 e. The maximum Gasteiger partial charge on any atom is 0.303 e. The van der Waals surface area contributed by atoms with E-state index >= 15 is 0 Å². The second-order valence-corrected chi connectivity index (χ2v) is 6.40. The number of hydrogen-bond acceptors (Lipinski definition) is 2. The molecule has 0 aromatic heterocycles. The van der Waals surface area contributed by atoms with E-state index in [1.54, 1.807) is 29.2 Å². The molecule has 3 aromatic carbocycles. The van der Waals surface area contributed by atoms with Gasteiger partial charge in [0, 0.05) is 28.9 Å². The molecular formula is C21H18ClNO3. The fraction of sp³-hybridized carbons (Fsp3) is 0.143. The minimum absolute atomic E-state index is 0.00909. The quantitative estimate of drug-likeness (QED) is 0.666. The third-order valence-electron chi connectivity index (χ3n) is 4.17. The van der Waals surface area contributed by atoms with Gasteiger partial charge in [-0.1, -0.05) is 48.0 Å². The summed E-state index contributed by atoms with van der Waals surface area (Å²) in [6, 6.07) is 20.3. The van der Waals surface area contributed by atoms with Crippen LogP contribution in [0.5, 0.6) is 0 Å². The highest BCUT2D eigenvalue weighted by Crippen LogP contribution is 2.28. The van der Waals surface area contributed by atoms with E-state index in [0.717, 1.165) is 16.5 Å². The number of carbonyl (C=O) groups is 2. The van der Waals surface area contributed by atoms with Crippen LogP contribution in [0.15, 0.2) is 66.7 Å². The number of fused-ring (bicyclic) bond motifs is 1. The molecule has 0 radical (unpaired) electrons. The van der Waals surface area contributed by atoms with Crippen LogP contribution in [0.1, 0.15) is 23.2 Å². The predicted octanol–water partition coefficient (Wildman–Crippen LogP) is 5.00. The Hall–Kier alpha value is -2.85. The summed E-state index contributed by atoms with van der Waals surface area (Å²) in [5, 5.41) is 11.5. The maximum atomic E-state index is 13.1. The first-order valence-electron chi connectivity index (χ1n) is 8.33. The standard InChI is InChI=1S/C21H18ClNO3/c22-17-12-10-16(11-13-17)21(26)23(14-4-9-20(24)25)19-8-3-6-15-5-1-2-7-18(15)19/h1-3,5-8,10-13H,4,9,14H2,(H,24,25). The molecule has 1 amide bonds. The average Bonchev–Trinajstić information content (AvgIpc) is 2.65. The Morgan fingerprint density at radius 3 is 2.35 bits per heavy atom. The number of nitrogens with zero attached hydrogens (tertiary/aromatic N) is 1. The zero-order valence-corrected chi connectivity index (χ0v) is 14.8. The summed E-state index contributed by atoms with van der Waals surface area (Å²) in [6.07, 6.45) is 0.382. The summed E-state index contributed by atoms with van der Waals surface area (Å²) < 4.78 is 0. The molecule has 0 aliphatic carbocycles. The first-order valence-corrected chi connectivity index (χ1v) is 8.71. The Kier molecular flexibility index (Phi) is 5.54. The van der Waals surface area contributed by atoms with Crippen molar-refractivity contribution in [1.29, 1.82) is 0 Å². The lowest BCUT2D eigenvalue weighted by atomic mass is 10.1.